The molecule has 0 saturated carbocycles. The molecule has 1 unspecified atom stereocenters. The number of hydrogen-bond donors (Lipinski definition) is 3. The molecule has 3 amide bonds. The second kappa shape index (κ2) is 4.89. The largest absolute Gasteiger partial charge is 0.393 e. The molecule has 1 fully saturated rings. The summed E-state index contributed by atoms with van der Waals surface area (Å²) in [6.07, 6.45) is 0.192. The average molecular weight is 272 g/mol. The Morgan fingerprint density at radius 3 is 2.74 bits per heavy atom. The number of rotatable bonds is 3. The monoisotopic (exact) mass is 272 g/mol. The number of urea groups is 1. The first kappa shape index (κ1) is 13.9. The molecule has 0 radical (unpaired) electrons. The second-order valence-electron chi connectivity index (χ2n) is 4.48. The number of nitrogens with zero attached hydrogens (tertiary/aromatic N) is 1. The summed E-state index contributed by atoms with van der Waals surface area (Å²) in [7, 11) is 1.26. The van der Waals surface area contributed by atoms with E-state index in [2.05, 4.69) is 5.32 Å². The molecule has 8 nitrogen and oxygen atoms in total. The van der Waals surface area contributed by atoms with Crippen molar-refractivity contribution in [3.63, 3.8) is 0 Å². The minimum absolute atomic E-state index is 0.237. The molecule has 0 aromatic rings. The minimum Gasteiger partial charge on any atom is -0.393 e. The Balaban J connectivity index is 2.23. The molecule has 2 heterocycles. The van der Waals surface area contributed by atoms with E-state index in [0.717, 1.165) is 4.90 Å². The Hall–Kier alpha value is -1.48. The van der Waals surface area contributed by atoms with Crippen LogP contribution in [0, 0.1) is 0 Å². The predicted molar refractivity (Wildman–Crippen MR) is 61.7 cm³/mol. The smallest absolute Gasteiger partial charge is 0.328 e. The van der Waals surface area contributed by atoms with Gasteiger partial charge in [-0.25, -0.2) is 4.79 Å². The Labute approximate surface area is 109 Å². The zero-order valence-corrected chi connectivity index (χ0v) is 10.6. The van der Waals surface area contributed by atoms with Gasteiger partial charge in [0.05, 0.1) is 6.61 Å². The highest BCUT2D eigenvalue weighted by atomic mass is 16.5. The Morgan fingerprint density at radius 1 is 1.53 bits per heavy atom. The van der Waals surface area contributed by atoms with Crippen LogP contribution in [0.1, 0.15) is 6.92 Å². The van der Waals surface area contributed by atoms with Crippen molar-refractivity contribution in [3.8, 4) is 0 Å². The van der Waals surface area contributed by atoms with Crippen molar-refractivity contribution >= 4 is 11.9 Å². The number of hydrogen-bond acceptors (Lipinski definition) is 6. The summed E-state index contributed by atoms with van der Waals surface area (Å²) in [5, 5.41) is 21.3. The van der Waals surface area contributed by atoms with Gasteiger partial charge < -0.3 is 19.7 Å². The first-order valence-corrected chi connectivity index (χ1v) is 5.75. The van der Waals surface area contributed by atoms with Crippen molar-refractivity contribution in [2.75, 3.05) is 13.7 Å². The van der Waals surface area contributed by atoms with Gasteiger partial charge in [-0.1, -0.05) is 6.08 Å². The van der Waals surface area contributed by atoms with E-state index in [1.165, 1.54) is 20.1 Å². The summed E-state index contributed by atoms with van der Waals surface area (Å²) in [5.74, 6) is -0.718. The third-order valence-electron chi connectivity index (χ3n) is 3.34. The molecule has 2 aliphatic heterocycles. The van der Waals surface area contributed by atoms with E-state index in [-0.39, 0.29) is 6.61 Å². The normalized spacial score (nSPS) is 38.7. The van der Waals surface area contributed by atoms with Crippen molar-refractivity contribution in [2.45, 2.75) is 31.1 Å². The van der Waals surface area contributed by atoms with Crippen LogP contribution in [0.4, 0.5) is 4.79 Å². The lowest BCUT2D eigenvalue weighted by molar-refractivity contribution is -0.197. The third kappa shape index (κ3) is 2.12. The van der Waals surface area contributed by atoms with E-state index in [0.29, 0.717) is 0 Å². The van der Waals surface area contributed by atoms with Crippen LogP contribution in [-0.4, -0.2) is 64.9 Å². The van der Waals surface area contributed by atoms with E-state index < -0.39 is 36.1 Å². The summed E-state index contributed by atoms with van der Waals surface area (Å²) in [5.41, 5.74) is -1.58. The molecule has 4 atom stereocenters. The molecule has 106 valence electrons. The van der Waals surface area contributed by atoms with Crippen LogP contribution in [0.15, 0.2) is 12.2 Å². The highest BCUT2D eigenvalue weighted by Crippen LogP contribution is 2.27. The maximum Gasteiger partial charge on any atom is 0.328 e. The van der Waals surface area contributed by atoms with E-state index in [1.807, 2.05) is 0 Å². The lowest BCUT2D eigenvalue weighted by Gasteiger charge is -2.44. The van der Waals surface area contributed by atoms with Gasteiger partial charge in [0.15, 0.2) is 18.1 Å². The highest BCUT2D eigenvalue weighted by molar-refractivity contribution is 6.01. The fraction of sp³-hybridized carbons (Fsp3) is 0.636. The number of aliphatic hydroxyl groups is 2. The van der Waals surface area contributed by atoms with Crippen LogP contribution in [0.3, 0.4) is 0 Å². The molecule has 0 spiro atoms. The molecule has 0 bridgehead atoms. The molecular weight excluding hydrogens is 256 g/mol. The van der Waals surface area contributed by atoms with Gasteiger partial charge in [-0.2, -0.15) is 0 Å². The van der Waals surface area contributed by atoms with Crippen LogP contribution in [0.25, 0.3) is 0 Å². The zero-order valence-electron chi connectivity index (χ0n) is 10.6. The second-order valence-corrected chi connectivity index (χ2v) is 4.48. The molecule has 8 heteroatoms. The van der Waals surface area contributed by atoms with Crippen molar-refractivity contribution in [2.24, 2.45) is 0 Å². The fourth-order valence-corrected chi connectivity index (χ4v) is 1.98. The summed E-state index contributed by atoms with van der Waals surface area (Å²) >= 11 is 0. The van der Waals surface area contributed by atoms with Crippen molar-refractivity contribution in [3.05, 3.63) is 12.2 Å². The van der Waals surface area contributed by atoms with Gasteiger partial charge in [-0.05, 0) is 13.0 Å². The Morgan fingerprint density at radius 2 is 2.21 bits per heavy atom. The van der Waals surface area contributed by atoms with Crippen LogP contribution in [-0.2, 0) is 14.3 Å². The molecule has 3 N–H and O–H groups in total. The number of amides is 3. The molecule has 2 aliphatic rings. The maximum absolute atomic E-state index is 11.8. The van der Waals surface area contributed by atoms with Crippen LogP contribution < -0.4 is 5.32 Å². The van der Waals surface area contributed by atoms with Gasteiger partial charge in [0, 0.05) is 7.11 Å². The van der Waals surface area contributed by atoms with Crippen molar-refractivity contribution in [1.82, 2.24) is 10.2 Å². The number of carbonyl (C=O) groups excluding carboxylic acids is 2. The zero-order chi connectivity index (χ0) is 14.2. The predicted octanol–water partition coefficient (Wildman–Crippen LogP) is -1.46. The van der Waals surface area contributed by atoms with E-state index in [4.69, 9.17) is 14.6 Å². The number of methoxy groups -OCH3 is 1. The minimum atomic E-state index is -1.58. The van der Waals surface area contributed by atoms with Gasteiger partial charge in [0.2, 0.25) is 0 Å². The first-order valence-electron chi connectivity index (χ1n) is 5.75. The number of ether oxygens (including phenoxy) is 2. The van der Waals surface area contributed by atoms with Crippen molar-refractivity contribution < 1.29 is 29.3 Å². The maximum atomic E-state index is 11.8. The molecular formula is C11H16N2O6. The van der Waals surface area contributed by atoms with E-state index in [1.54, 1.807) is 6.08 Å². The quantitative estimate of drug-likeness (QED) is 0.542. The van der Waals surface area contributed by atoms with Gasteiger partial charge >= 0.3 is 6.03 Å². The van der Waals surface area contributed by atoms with Gasteiger partial charge in [-0.3, -0.25) is 15.0 Å². The summed E-state index contributed by atoms with van der Waals surface area (Å²) < 4.78 is 10.4. The van der Waals surface area contributed by atoms with Crippen LogP contribution in [0.2, 0.25) is 0 Å². The molecule has 0 aromatic carbocycles. The number of nitrogens with one attached hydrogen (secondary N) is 1. The lowest BCUT2D eigenvalue weighted by Crippen LogP contribution is -2.71. The third-order valence-corrected chi connectivity index (χ3v) is 3.34. The lowest BCUT2D eigenvalue weighted by atomic mass is 10.00. The molecule has 19 heavy (non-hydrogen) atoms. The molecule has 1 saturated heterocycles. The topological polar surface area (TPSA) is 108 Å². The van der Waals surface area contributed by atoms with Gasteiger partial charge in [0.25, 0.3) is 5.91 Å². The van der Waals surface area contributed by atoms with Crippen molar-refractivity contribution in [1.29, 1.82) is 0 Å². The summed E-state index contributed by atoms with van der Waals surface area (Å²) in [4.78, 5) is 24.5. The SMILES string of the molecule is COC1(C)C(=O)NC(=O)N([C@H]2C=C[C@@H](CO)O2)[C@H]1O. The standard InChI is InChI=1S/C11H16N2O6/c1-11(18-2)8(15)12-10(17)13(9(11)16)7-4-3-6(5-14)19-7/h3-4,6-7,9,14,16H,5H2,1-2H3,(H,12,15,17)/t6-,7+,9-,11?/m0/s1. The Kier molecular flexibility index (Phi) is 3.59. The van der Waals surface area contributed by atoms with E-state index in [9.17, 15) is 14.7 Å². The van der Waals surface area contributed by atoms with E-state index >= 15 is 0 Å². The Bertz CT molecular complexity index is 425. The number of imide groups is 1. The summed E-state index contributed by atoms with van der Waals surface area (Å²) in [6, 6.07) is -0.778. The molecule has 0 aliphatic carbocycles. The van der Waals surface area contributed by atoms with Crippen LogP contribution >= 0.6 is 0 Å². The van der Waals surface area contributed by atoms with Gasteiger partial charge in [-0.15, -0.1) is 0 Å². The molecule has 2 rings (SSSR count). The van der Waals surface area contributed by atoms with Crippen LogP contribution in [0.5, 0.6) is 0 Å². The number of carbonyl (C=O) groups is 2. The first-order chi connectivity index (χ1) is 8.93. The van der Waals surface area contributed by atoms with Gasteiger partial charge in [0.1, 0.15) is 6.10 Å². The molecule has 0 aromatic heterocycles. The fourth-order valence-electron chi connectivity index (χ4n) is 1.98. The average Bonchev–Trinajstić information content (AvgIpc) is 2.84. The summed E-state index contributed by atoms with van der Waals surface area (Å²) in [6.45, 7) is 1.13. The number of aliphatic hydroxyl groups excluding tert-OH is 2. The highest BCUT2D eigenvalue weighted by Gasteiger charge is 2.53.